The van der Waals surface area contributed by atoms with Crippen molar-refractivity contribution < 1.29 is 9.53 Å². The Labute approximate surface area is 139 Å². The monoisotopic (exact) mass is 316 g/mol. The van der Waals surface area contributed by atoms with Gasteiger partial charge in [-0.25, -0.2) is 0 Å². The van der Waals surface area contributed by atoms with Crippen LogP contribution in [0.15, 0.2) is 30.3 Å². The fourth-order valence-corrected chi connectivity index (χ4v) is 3.98. The molecule has 0 saturated carbocycles. The number of hydrogen-bond acceptors (Lipinski definition) is 3. The third-order valence-corrected chi connectivity index (χ3v) is 5.46. The summed E-state index contributed by atoms with van der Waals surface area (Å²) in [5.41, 5.74) is 1.48. The second-order valence-corrected chi connectivity index (χ2v) is 6.86. The van der Waals surface area contributed by atoms with Crippen LogP contribution in [-0.4, -0.2) is 61.1 Å². The Morgan fingerprint density at radius 3 is 2.74 bits per heavy atom. The van der Waals surface area contributed by atoms with Gasteiger partial charge in [-0.3, -0.25) is 9.69 Å². The lowest BCUT2D eigenvalue weighted by Gasteiger charge is -2.57. The van der Waals surface area contributed by atoms with Crippen molar-refractivity contribution in [3.63, 3.8) is 0 Å². The highest BCUT2D eigenvalue weighted by Gasteiger charge is 2.47. The second kappa shape index (κ2) is 7.45. The van der Waals surface area contributed by atoms with Crippen LogP contribution in [0.4, 0.5) is 0 Å². The van der Waals surface area contributed by atoms with E-state index in [1.54, 1.807) is 7.11 Å². The van der Waals surface area contributed by atoms with E-state index in [1.165, 1.54) is 18.4 Å². The number of carbonyl (C=O) groups excluding carboxylic acids is 1. The molecule has 1 unspecified atom stereocenters. The molecule has 0 aliphatic carbocycles. The van der Waals surface area contributed by atoms with Gasteiger partial charge in [0.2, 0.25) is 5.91 Å². The van der Waals surface area contributed by atoms with Gasteiger partial charge in [-0.2, -0.15) is 0 Å². The molecule has 0 N–H and O–H groups in total. The van der Waals surface area contributed by atoms with Crippen molar-refractivity contribution in [3.8, 4) is 0 Å². The van der Waals surface area contributed by atoms with Crippen LogP contribution in [0.25, 0.3) is 0 Å². The van der Waals surface area contributed by atoms with Crippen LogP contribution in [-0.2, 0) is 16.0 Å². The summed E-state index contributed by atoms with van der Waals surface area (Å²) in [4.78, 5) is 17.2. The number of nitrogens with zero attached hydrogens (tertiary/aromatic N) is 2. The van der Waals surface area contributed by atoms with Crippen LogP contribution in [0.2, 0.25) is 0 Å². The number of aryl methyl sites for hydroxylation is 1. The molecule has 2 fully saturated rings. The maximum absolute atomic E-state index is 12.6. The first-order valence-corrected chi connectivity index (χ1v) is 8.79. The lowest BCUT2D eigenvalue weighted by molar-refractivity contribution is -0.140. The summed E-state index contributed by atoms with van der Waals surface area (Å²) in [6, 6.07) is 10.3. The highest BCUT2D eigenvalue weighted by molar-refractivity contribution is 5.76. The number of likely N-dealkylation sites (tertiary alicyclic amines) is 2. The molecule has 3 rings (SSSR count). The fourth-order valence-electron chi connectivity index (χ4n) is 3.98. The second-order valence-electron chi connectivity index (χ2n) is 6.86. The molecular formula is C19H28N2O2. The quantitative estimate of drug-likeness (QED) is 0.807. The van der Waals surface area contributed by atoms with Gasteiger partial charge in [0.25, 0.3) is 0 Å². The number of hydrogen-bond donors (Lipinski definition) is 0. The SMILES string of the molecule is COCCN1CCC12CCCN(C(=O)CCc1ccccc1)C2. The number of piperidine rings is 1. The number of methoxy groups -OCH3 is 1. The first-order chi connectivity index (χ1) is 11.2. The van der Waals surface area contributed by atoms with Gasteiger partial charge in [-0.1, -0.05) is 30.3 Å². The van der Waals surface area contributed by atoms with Crippen molar-refractivity contribution in [1.29, 1.82) is 0 Å². The molecule has 23 heavy (non-hydrogen) atoms. The maximum atomic E-state index is 12.6. The third kappa shape index (κ3) is 3.75. The molecule has 0 radical (unpaired) electrons. The molecule has 2 aliphatic rings. The summed E-state index contributed by atoms with van der Waals surface area (Å²) < 4.78 is 5.22. The van der Waals surface area contributed by atoms with Crippen molar-refractivity contribution in [3.05, 3.63) is 35.9 Å². The molecule has 2 aliphatic heterocycles. The normalized spacial score (nSPS) is 24.7. The lowest BCUT2D eigenvalue weighted by Crippen LogP contribution is -2.67. The minimum absolute atomic E-state index is 0.235. The van der Waals surface area contributed by atoms with Gasteiger partial charge >= 0.3 is 0 Å². The maximum Gasteiger partial charge on any atom is 0.222 e. The lowest BCUT2D eigenvalue weighted by atomic mass is 9.77. The van der Waals surface area contributed by atoms with E-state index in [4.69, 9.17) is 4.74 Å². The Balaban J connectivity index is 1.53. The Morgan fingerprint density at radius 1 is 1.22 bits per heavy atom. The third-order valence-electron chi connectivity index (χ3n) is 5.46. The summed E-state index contributed by atoms with van der Waals surface area (Å²) in [5.74, 6) is 0.312. The predicted octanol–water partition coefficient (Wildman–Crippen LogP) is 2.33. The highest BCUT2D eigenvalue weighted by atomic mass is 16.5. The fraction of sp³-hybridized carbons (Fsp3) is 0.632. The number of amides is 1. The standard InChI is InChI=1S/C19H28N2O2/c1-23-15-14-21-13-11-19(21)10-5-12-20(16-19)18(22)9-8-17-6-3-2-4-7-17/h2-4,6-7H,5,8-16H2,1H3. The highest BCUT2D eigenvalue weighted by Crippen LogP contribution is 2.38. The summed E-state index contributed by atoms with van der Waals surface area (Å²) in [5, 5.41) is 0. The summed E-state index contributed by atoms with van der Waals surface area (Å²) >= 11 is 0. The molecule has 4 nitrogen and oxygen atoms in total. The molecule has 1 amide bonds. The Hall–Kier alpha value is -1.39. The van der Waals surface area contributed by atoms with Crippen molar-refractivity contribution in [1.82, 2.24) is 9.80 Å². The average Bonchev–Trinajstić information content (AvgIpc) is 2.60. The van der Waals surface area contributed by atoms with Gasteiger partial charge < -0.3 is 9.64 Å². The number of carbonyl (C=O) groups is 1. The smallest absolute Gasteiger partial charge is 0.222 e. The van der Waals surface area contributed by atoms with E-state index < -0.39 is 0 Å². The Morgan fingerprint density at radius 2 is 2.04 bits per heavy atom. The molecule has 1 aromatic carbocycles. The van der Waals surface area contributed by atoms with Gasteiger partial charge in [0, 0.05) is 45.2 Å². The van der Waals surface area contributed by atoms with Crippen LogP contribution < -0.4 is 0 Å². The van der Waals surface area contributed by atoms with Gasteiger partial charge in [-0.15, -0.1) is 0 Å². The topological polar surface area (TPSA) is 32.8 Å². The predicted molar refractivity (Wildman–Crippen MR) is 91.4 cm³/mol. The molecule has 2 saturated heterocycles. The molecule has 0 bridgehead atoms. The molecule has 1 spiro atoms. The van der Waals surface area contributed by atoms with Crippen LogP contribution in [0.5, 0.6) is 0 Å². The molecule has 4 heteroatoms. The zero-order valence-electron chi connectivity index (χ0n) is 14.2. The van der Waals surface area contributed by atoms with E-state index in [2.05, 4.69) is 21.9 Å². The largest absolute Gasteiger partial charge is 0.383 e. The van der Waals surface area contributed by atoms with E-state index in [9.17, 15) is 4.79 Å². The van der Waals surface area contributed by atoms with E-state index in [0.717, 1.165) is 45.6 Å². The molecule has 2 heterocycles. The first-order valence-electron chi connectivity index (χ1n) is 8.79. The minimum Gasteiger partial charge on any atom is -0.383 e. The van der Waals surface area contributed by atoms with E-state index in [0.29, 0.717) is 12.3 Å². The van der Waals surface area contributed by atoms with E-state index in [-0.39, 0.29) is 5.54 Å². The summed E-state index contributed by atoms with van der Waals surface area (Å²) in [6.07, 6.45) is 5.04. The van der Waals surface area contributed by atoms with Crippen LogP contribution >= 0.6 is 0 Å². The summed E-state index contributed by atoms with van der Waals surface area (Å²) in [6.45, 7) is 4.75. The van der Waals surface area contributed by atoms with Gasteiger partial charge in [0.1, 0.15) is 0 Å². The van der Waals surface area contributed by atoms with Crippen molar-refractivity contribution in [2.24, 2.45) is 0 Å². The van der Waals surface area contributed by atoms with E-state index >= 15 is 0 Å². The van der Waals surface area contributed by atoms with Crippen molar-refractivity contribution in [2.75, 3.05) is 39.9 Å². The van der Waals surface area contributed by atoms with Crippen LogP contribution in [0, 0.1) is 0 Å². The number of ether oxygens (including phenoxy) is 1. The van der Waals surface area contributed by atoms with E-state index in [1.807, 2.05) is 18.2 Å². The molecule has 1 atom stereocenters. The molecule has 0 aromatic heterocycles. The van der Waals surface area contributed by atoms with Gasteiger partial charge in [-0.05, 0) is 31.2 Å². The van der Waals surface area contributed by atoms with Crippen LogP contribution in [0.1, 0.15) is 31.2 Å². The van der Waals surface area contributed by atoms with Crippen molar-refractivity contribution in [2.45, 2.75) is 37.6 Å². The zero-order valence-corrected chi connectivity index (χ0v) is 14.2. The molecule has 1 aromatic rings. The number of rotatable bonds is 6. The Kier molecular flexibility index (Phi) is 5.34. The van der Waals surface area contributed by atoms with Crippen molar-refractivity contribution >= 4 is 5.91 Å². The van der Waals surface area contributed by atoms with Gasteiger partial charge in [0.05, 0.1) is 6.61 Å². The Bertz CT molecular complexity index is 519. The molecular weight excluding hydrogens is 288 g/mol. The number of benzene rings is 1. The van der Waals surface area contributed by atoms with Gasteiger partial charge in [0.15, 0.2) is 0 Å². The summed E-state index contributed by atoms with van der Waals surface area (Å²) in [7, 11) is 1.76. The average molecular weight is 316 g/mol. The molecule has 126 valence electrons. The first kappa shape index (κ1) is 16.5. The van der Waals surface area contributed by atoms with Crippen LogP contribution in [0.3, 0.4) is 0 Å². The minimum atomic E-state index is 0.235. The zero-order chi connectivity index (χ0) is 16.1.